The smallest absolute Gasteiger partial charge is 0.154 e. The molecule has 1 saturated heterocycles. The zero-order valence-electron chi connectivity index (χ0n) is 12.8. The first kappa shape index (κ1) is 13.9. The molecule has 0 amide bonds. The lowest BCUT2D eigenvalue weighted by Gasteiger charge is -2.20. The predicted octanol–water partition coefficient (Wildman–Crippen LogP) is 1.93. The molecule has 0 bridgehead atoms. The van der Waals surface area contributed by atoms with Crippen LogP contribution in [0.5, 0.6) is 0 Å². The molecule has 0 unspecified atom stereocenters. The molecule has 2 aromatic rings. The highest BCUT2D eigenvalue weighted by molar-refractivity contribution is 5.03. The summed E-state index contributed by atoms with van der Waals surface area (Å²) in [5.41, 5.74) is 1.03. The van der Waals surface area contributed by atoms with Gasteiger partial charge in [0.25, 0.3) is 0 Å². The van der Waals surface area contributed by atoms with E-state index in [4.69, 9.17) is 9.84 Å². The summed E-state index contributed by atoms with van der Waals surface area (Å²) in [4.78, 5) is 0. The van der Waals surface area contributed by atoms with Gasteiger partial charge in [-0.3, -0.25) is 4.68 Å². The molecule has 0 atom stereocenters. The molecule has 0 radical (unpaired) electrons. The quantitative estimate of drug-likeness (QED) is 0.863. The van der Waals surface area contributed by atoms with Crippen LogP contribution in [0.15, 0.2) is 12.3 Å². The Morgan fingerprint density at radius 2 is 1.95 bits per heavy atom. The third kappa shape index (κ3) is 2.77. The molecule has 1 aliphatic heterocycles. The highest BCUT2D eigenvalue weighted by Crippen LogP contribution is 2.29. The molecule has 22 heavy (non-hydrogen) atoms. The zero-order valence-corrected chi connectivity index (χ0v) is 12.8. The number of ether oxygens (including phenoxy) is 1. The van der Waals surface area contributed by atoms with Gasteiger partial charge in [0.2, 0.25) is 0 Å². The number of rotatable bonds is 4. The van der Waals surface area contributed by atoms with Crippen molar-refractivity contribution in [3.8, 4) is 0 Å². The Balaban J connectivity index is 1.48. The Labute approximate surface area is 129 Å². The van der Waals surface area contributed by atoms with Gasteiger partial charge in [-0.2, -0.15) is 5.10 Å². The molecule has 3 heterocycles. The topological polar surface area (TPSA) is 70.7 Å². The average Bonchev–Trinajstić information content (AvgIpc) is 3.30. The van der Waals surface area contributed by atoms with Crippen molar-refractivity contribution < 1.29 is 4.74 Å². The van der Waals surface area contributed by atoms with Crippen LogP contribution in [0.1, 0.15) is 62.0 Å². The van der Waals surface area contributed by atoms with E-state index in [9.17, 15) is 0 Å². The van der Waals surface area contributed by atoms with Crippen molar-refractivity contribution >= 4 is 0 Å². The summed E-state index contributed by atoms with van der Waals surface area (Å²) in [6, 6.07) is 2.67. The molecule has 2 aromatic heterocycles. The summed E-state index contributed by atoms with van der Waals surface area (Å²) in [6.07, 6.45) is 9.23. The summed E-state index contributed by atoms with van der Waals surface area (Å²) in [5, 5.41) is 17.0. The van der Waals surface area contributed by atoms with Gasteiger partial charge >= 0.3 is 0 Å². The molecule has 0 aromatic carbocycles. The van der Waals surface area contributed by atoms with Gasteiger partial charge in [-0.05, 0) is 42.2 Å². The minimum Gasteiger partial charge on any atom is -0.381 e. The van der Waals surface area contributed by atoms with E-state index < -0.39 is 0 Å². The first-order valence-electron chi connectivity index (χ1n) is 8.28. The van der Waals surface area contributed by atoms with Crippen molar-refractivity contribution in [2.45, 2.75) is 57.0 Å². The van der Waals surface area contributed by atoms with Gasteiger partial charge in [0, 0.05) is 25.3 Å². The van der Waals surface area contributed by atoms with Gasteiger partial charge in [0.1, 0.15) is 0 Å². The Morgan fingerprint density at radius 3 is 2.77 bits per heavy atom. The fourth-order valence-corrected chi connectivity index (χ4v) is 3.56. The number of hydrogen-bond donors (Lipinski definition) is 0. The zero-order chi connectivity index (χ0) is 14.8. The largest absolute Gasteiger partial charge is 0.381 e. The van der Waals surface area contributed by atoms with Gasteiger partial charge in [-0.25, -0.2) is 4.68 Å². The Hall–Kier alpha value is -1.76. The van der Waals surface area contributed by atoms with Crippen LogP contribution < -0.4 is 0 Å². The van der Waals surface area contributed by atoms with Crippen LogP contribution in [0.3, 0.4) is 0 Å². The lowest BCUT2D eigenvalue weighted by atomic mass is 9.99. The molecule has 0 spiro atoms. The highest BCUT2D eigenvalue weighted by Gasteiger charge is 2.23. The molecule has 2 fully saturated rings. The third-order valence-corrected chi connectivity index (χ3v) is 4.82. The Morgan fingerprint density at radius 1 is 1.14 bits per heavy atom. The van der Waals surface area contributed by atoms with Gasteiger partial charge in [0.15, 0.2) is 5.82 Å². The van der Waals surface area contributed by atoms with E-state index in [1.54, 1.807) is 0 Å². The number of nitrogens with zero attached hydrogens (tertiary/aromatic N) is 6. The molecule has 1 aliphatic carbocycles. The summed E-state index contributed by atoms with van der Waals surface area (Å²) >= 11 is 0. The van der Waals surface area contributed by atoms with Crippen molar-refractivity contribution in [1.29, 1.82) is 0 Å². The monoisotopic (exact) mass is 302 g/mol. The Bertz CT molecular complexity index is 609. The molecule has 1 saturated carbocycles. The minimum absolute atomic E-state index is 0.403. The third-order valence-electron chi connectivity index (χ3n) is 4.82. The molecule has 7 nitrogen and oxygen atoms in total. The fraction of sp³-hybridized carbons (Fsp3) is 0.733. The molecule has 118 valence electrons. The van der Waals surface area contributed by atoms with E-state index in [0.29, 0.717) is 18.5 Å². The van der Waals surface area contributed by atoms with Crippen molar-refractivity contribution in [2.75, 3.05) is 13.2 Å². The SMILES string of the molecule is c1cn(C2CCCC2)nc1Cn1nnnc1C1CCOCC1. The second-order valence-corrected chi connectivity index (χ2v) is 6.31. The van der Waals surface area contributed by atoms with Crippen LogP contribution >= 0.6 is 0 Å². The normalized spacial score (nSPS) is 20.7. The van der Waals surface area contributed by atoms with E-state index in [2.05, 4.69) is 32.5 Å². The Kier molecular flexibility index (Phi) is 3.88. The van der Waals surface area contributed by atoms with Crippen LogP contribution in [0.25, 0.3) is 0 Å². The molecule has 2 aliphatic rings. The van der Waals surface area contributed by atoms with Crippen molar-refractivity contribution in [1.82, 2.24) is 30.0 Å². The van der Waals surface area contributed by atoms with Gasteiger partial charge in [0.05, 0.1) is 18.3 Å². The van der Waals surface area contributed by atoms with Crippen LogP contribution in [-0.4, -0.2) is 43.2 Å². The molecule has 0 N–H and O–H groups in total. The van der Waals surface area contributed by atoms with E-state index in [1.165, 1.54) is 25.7 Å². The van der Waals surface area contributed by atoms with Gasteiger partial charge in [-0.15, -0.1) is 5.10 Å². The highest BCUT2D eigenvalue weighted by atomic mass is 16.5. The van der Waals surface area contributed by atoms with Crippen LogP contribution in [0.4, 0.5) is 0 Å². The summed E-state index contributed by atoms with van der Waals surface area (Å²) < 4.78 is 9.45. The maximum Gasteiger partial charge on any atom is 0.154 e. The molecule has 7 heteroatoms. The second-order valence-electron chi connectivity index (χ2n) is 6.31. The van der Waals surface area contributed by atoms with Crippen LogP contribution in [0.2, 0.25) is 0 Å². The van der Waals surface area contributed by atoms with E-state index in [-0.39, 0.29) is 0 Å². The van der Waals surface area contributed by atoms with E-state index in [1.807, 2.05) is 4.68 Å². The lowest BCUT2D eigenvalue weighted by molar-refractivity contribution is 0.0826. The maximum absolute atomic E-state index is 5.42. The van der Waals surface area contributed by atoms with Crippen molar-refractivity contribution in [2.24, 2.45) is 0 Å². The van der Waals surface area contributed by atoms with Crippen molar-refractivity contribution in [3.63, 3.8) is 0 Å². The summed E-state index contributed by atoms with van der Waals surface area (Å²) in [7, 11) is 0. The van der Waals surface area contributed by atoms with Gasteiger partial charge in [-0.1, -0.05) is 12.8 Å². The number of tetrazole rings is 1. The predicted molar refractivity (Wildman–Crippen MR) is 79.4 cm³/mol. The van der Waals surface area contributed by atoms with Crippen LogP contribution in [0, 0.1) is 0 Å². The van der Waals surface area contributed by atoms with Crippen molar-refractivity contribution in [3.05, 3.63) is 23.8 Å². The first-order chi connectivity index (χ1) is 10.9. The van der Waals surface area contributed by atoms with E-state index in [0.717, 1.165) is 37.6 Å². The summed E-state index contributed by atoms with van der Waals surface area (Å²) in [5.74, 6) is 1.37. The number of hydrogen-bond acceptors (Lipinski definition) is 5. The lowest BCUT2D eigenvalue weighted by Crippen LogP contribution is -2.19. The first-order valence-corrected chi connectivity index (χ1v) is 8.28. The van der Waals surface area contributed by atoms with Crippen LogP contribution in [-0.2, 0) is 11.3 Å². The maximum atomic E-state index is 5.42. The second kappa shape index (κ2) is 6.16. The molecular formula is C15H22N6O. The fourth-order valence-electron chi connectivity index (χ4n) is 3.56. The minimum atomic E-state index is 0.403. The number of aromatic nitrogens is 6. The summed E-state index contributed by atoms with van der Waals surface area (Å²) in [6.45, 7) is 2.25. The average molecular weight is 302 g/mol. The standard InChI is InChI=1S/C15H22N6O/c1-2-4-14(3-1)20-8-5-13(17-20)11-21-15(16-18-19-21)12-6-9-22-10-7-12/h5,8,12,14H,1-4,6-7,9-11H2. The molecule has 4 rings (SSSR count). The molecular weight excluding hydrogens is 280 g/mol. The van der Waals surface area contributed by atoms with E-state index >= 15 is 0 Å². The van der Waals surface area contributed by atoms with Gasteiger partial charge < -0.3 is 4.74 Å².